The molecule has 0 bridgehead atoms. The molecule has 4 nitrogen and oxygen atoms in total. The van der Waals surface area contributed by atoms with E-state index in [1.807, 2.05) is 0 Å². The van der Waals surface area contributed by atoms with Crippen LogP contribution in [0.25, 0.3) is 0 Å². The summed E-state index contributed by atoms with van der Waals surface area (Å²) in [6, 6.07) is 0.759. The van der Waals surface area contributed by atoms with Crippen molar-refractivity contribution in [2.24, 2.45) is 0 Å². The van der Waals surface area contributed by atoms with E-state index in [1.54, 1.807) is 4.98 Å². The summed E-state index contributed by atoms with van der Waals surface area (Å²) in [5.41, 5.74) is -1.71. The molecule has 0 unspecified atom stereocenters. The second-order valence-electron chi connectivity index (χ2n) is 2.81. The normalized spacial score (nSPS) is 11.6. The molecule has 90 valence electrons. The van der Waals surface area contributed by atoms with E-state index in [2.05, 4.69) is 4.74 Å². The lowest BCUT2D eigenvalue weighted by Gasteiger charge is -2.13. The zero-order chi connectivity index (χ0) is 12.3. The molecule has 0 amide bonds. The van der Waals surface area contributed by atoms with Crippen molar-refractivity contribution in [2.75, 3.05) is 0 Å². The predicted molar refractivity (Wildman–Crippen MR) is 44.5 cm³/mol. The maximum absolute atomic E-state index is 12.4. The Morgan fingerprint density at radius 2 is 2.06 bits per heavy atom. The van der Waals surface area contributed by atoms with Crippen molar-refractivity contribution >= 4 is 0 Å². The quantitative estimate of drug-likeness (QED) is 0.782. The van der Waals surface area contributed by atoms with Gasteiger partial charge in [-0.05, 0) is 5.56 Å². The molecule has 0 aliphatic heterocycles. The van der Waals surface area contributed by atoms with Crippen LogP contribution >= 0.6 is 0 Å². The molecule has 8 heteroatoms. The summed E-state index contributed by atoms with van der Waals surface area (Å²) in [5.74, 6) is -0.991. The van der Waals surface area contributed by atoms with Crippen LogP contribution in [0, 0.1) is 0 Å². The number of aromatic amines is 1. The van der Waals surface area contributed by atoms with Crippen molar-refractivity contribution in [3.05, 3.63) is 27.5 Å². The van der Waals surface area contributed by atoms with E-state index >= 15 is 0 Å². The third-order valence-electron chi connectivity index (χ3n) is 1.72. The number of H-pyrrole nitrogens is 1. The Morgan fingerprint density at radius 3 is 2.50 bits per heavy atom. The van der Waals surface area contributed by atoms with Crippen molar-refractivity contribution in [3.8, 4) is 5.88 Å². The van der Waals surface area contributed by atoms with Crippen molar-refractivity contribution in [3.63, 3.8) is 0 Å². The third-order valence-corrected chi connectivity index (χ3v) is 1.72. The van der Waals surface area contributed by atoms with Crippen molar-refractivity contribution in [2.45, 2.75) is 19.6 Å². The summed E-state index contributed by atoms with van der Waals surface area (Å²) in [6.07, 6.45) is -5.03. The maximum Gasteiger partial charge on any atom is 0.574 e. The highest BCUT2D eigenvalue weighted by atomic mass is 19.4. The van der Waals surface area contributed by atoms with E-state index in [-0.39, 0.29) is 5.56 Å². The molecule has 1 aromatic heterocycles. The van der Waals surface area contributed by atoms with Crippen LogP contribution in [0.5, 0.6) is 5.88 Å². The predicted octanol–water partition coefficient (Wildman–Crippen LogP) is 1.24. The average molecular weight is 241 g/mol. The molecule has 0 atom stereocenters. The van der Waals surface area contributed by atoms with E-state index in [0.29, 0.717) is 0 Å². The Kier molecular flexibility index (Phi) is 3.53. The van der Waals surface area contributed by atoms with Crippen LogP contribution in [0.2, 0.25) is 0 Å². The average Bonchev–Trinajstić information content (AvgIpc) is 2.14. The Balaban J connectivity index is 3.26. The Morgan fingerprint density at radius 1 is 1.44 bits per heavy atom. The minimum Gasteiger partial charge on any atom is -0.391 e. The van der Waals surface area contributed by atoms with Crippen LogP contribution < -0.4 is 10.3 Å². The first-order valence-electron chi connectivity index (χ1n) is 4.05. The Hall–Kier alpha value is -1.57. The molecule has 1 rings (SSSR count). The molecule has 16 heavy (non-hydrogen) atoms. The lowest BCUT2D eigenvalue weighted by molar-refractivity contribution is -0.276. The second-order valence-corrected chi connectivity index (χ2v) is 2.81. The maximum atomic E-state index is 12.4. The van der Waals surface area contributed by atoms with Gasteiger partial charge in [0.15, 0.2) is 0 Å². The minimum absolute atomic E-state index is 0.342. The van der Waals surface area contributed by atoms with Gasteiger partial charge in [0, 0.05) is 11.6 Å². The van der Waals surface area contributed by atoms with Gasteiger partial charge in [0.2, 0.25) is 5.88 Å². The van der Waals surface area contributed by atoms with Gasteiger partial charge in [-0.15, -0.1) is 13.2 Å². The number of halogens is 4. The summed E-state index contributed by atoms with van der Waals surface area (Å²) < 4.78 is 51.5. The van der Waals surface area contributed by atoms with Gasteiger partial charge in [0.25, 0.3) is 5.56 Å². The fourth-order valence-corrected chi connectivity index (χ4v) is 1.11. The van der Waals surface area contributed by atoms with Crippen molar-refractivity contribution in [1.29, 1.82) is 0 Å². The molecule has 0 aliphatic rings. The summed E-state index contributed by atoms with van der Waals surface area (Å²) in [5, 5.41) is 8.78. The number of aromatic nitrogens is 1. The van der Waals surface area contributed by atoms with Gasteiger partial charge >= 0.3 is 6.36 Å². The van der Waals surface area contributed by atoms with Crippen LogP contribution in [-0.2, 0) is 13.3 Å². The molecule has 0 radical (unpaired) electrons. The lowest BCUT2D eigenvalue weighted by Crippen LogP contribution is -2.22. The fraction of sp³-hybridized carbons (Fsp3) is 0.375. The van der Waals surface area contributed by atoms with Crippen LogP contribution in [0.3, 0.4) is 0 Å². The number of alkyl halides is 4. The minimum atomic E-state index is -5.03. The number of hydrogen-bond donors (Lipinski definition) is 2. The highest BCUT2D eigenvalue weighted by Gasteiger charge is 2.33. The monoisotopic (exact) mass is 241 g/mol. The number of pyridine rings is 1. The van der Waals surface area contributed by atoms with Crippen LogP contribution in [-0.4, -0.2) is 16.5 Å². The summed E-state index contributed by atoms with van der Waals surface area (Å²) in [7, 11) is 0. The molecular weight excluding hydrogens is 234 g/mol. The summed E-state index contributed by atoms with van der Waals surface area (Å²) in [4.78, 5) is 12.6. The Bertz CT molecular complexity index is 426. The molecule has 0 fully saturated rings. The summed E-state index contributed by atoms with van der Waals surface area (Å²) in [6.45, 7) is -2.05. The van der Waals surface area contributed by atoms with E-state index in [1.165, 1.54) is 0 Å². The first-order valence-corrected chi connectivity index (χ1v) is 4.05. The van der Waals surface area contributed by atoms with Crippen molar-refractivity contribution < 1.29 is 27.4 Å². The number of aliphatic hydroxyl groups excluding tert-OH is 1. The SMILES string of the molecule is O=c1cc(CF)c(CO)c(OC(F)(F)F)[nH]1. The summed E-state index contributed by atoms with van der Waals surface area (Å²) >= 11 is 0. The molecule has 0 saturated carbocycles. The molecule has 1 aromatic rings. The van der Waals surface area contributed by atoms with Gasteiger partial charge in [-0.1, -0.05) is 0 Å². The van der Waals surface area contributed by atoms with Crippen LogP contribution in [0.1, 0.15) is 11.1 Å². The first-order chi connectivity index (χ1) is 7.37. The van der Waals surface area contributed by atoms with Crippen molar-refractivity contribution in [1.82, 2.24) is 4.98 Å². The van der Waals surface area contributed by atoms with E-state index in [0.717, 1.165) is 6.07 Å². The topological polar surface area (TPSA) is 62.3 Å². The zero-order valence-electron chi connectivity index (χ0n) is 7.77. The van der Waals surface area contributed by atoms with Crippen LogP contribution in [0.4, 0.5) is 17.6 Å². The molecular formula is C8H7F4NO3. The molecule has 1 heterocycles. The van der Waals surface area contributed by atoms with E-state index in [9.17, 15) is 22.4 Å². The van der Waals surface area contributed by atoms with Gasteiger partial charge in [-0.3, -0.25) is 9.78 Å². The van der Waals surface area contributed by atoms with Crippen LogP contribution in [0.15, 0.2) is 10.9 Å². The standard InChI is InChI=1S/C8H7F4NO3/c9-2-4-1-6(15)13-7(5(4)3-14)16-8(10,11)12/h1,14H,2-3H2,(H,13,15). The smallest absolute Gasteiger partial charge is 0.391 e. The highest BCUT2D eigenvalue weighted by molar-refractivity contribution is 5.33. The van der Waals surface area contributed by atoms with E-state index in [4.69, 9.17) is 5.11 Å². The second kappa shape index (κ2) is 4.52. The molecule has 0 aliphatic carbocycles. The van der Waals surface area contributed by atoms with Gasteiger partial charge in [0.05, 0.1) is 6.61 Å². The molecule has 2 N–H and O–H groups in total. The number of rotatable bonds is 3. The number of ether oxygens (including phenoxy) is 1. The largest absolute Gasteiger partial charge is 0.574 e. The van der Waals surface area contributed by atoms with Gasteiger partial charge in [-0.2, -0.15) is 0 Å². The molecule has 0 spiro atoms. The zero-order valence-corrected chi connectivity index (χ0v) is 7.77. The highest BCUT2D eigenvalue weighted by Crippen LogP contribution is 2.25. The number of nitrogens with one attached hydrogen (secondary N) is 1. The lowest BCUT2D eigenvalue weighted by atomic mass is 10.1. The van der Waals surface area contributed by atoms with Gasteiger partial charge < -0.3 is 9.84 Å². The van der Waals surface area contributed by atoms with Gasteiger partial charge in [0.1, 0.15) is 6.67 Å². The Labute approximate surface area is 86.5 Å². The number of aliphatic hydroxyl groups is 1. The molecule has 0 saturated heterocycles. The molecule has 0 aromatic carbocycles. The first kappa shape index (κ1) is 12.5. The third kappa shape index (κ3) is 2.96. The van der Waals surface area contributed by atoms with E-state index < -0.39 is 36.6 Å². The fourth-order valence-electron chi connectivity index (χ4n) is 1.11. The number of hydrogen-bond acceptors (Lipinski definition) is 3. The van der Waals surface area contributed by atoms with Gasteiger partial charge in [-0.25, -0.2) is 4.39 Å².